The molecular formula is C16H31N. The molecule has 1 heteroatoms. The molecule has 17 heavy (non-hydrogen) atoms. The minimum atomic E-state index is 0.527. The first-order chi connectivity index (χ1) is 7.94. The van der Waals surface area contributed by atoms with Gasteiger partial charge in [0.05, 0.1) is 0 Å². The molecule has 0 aromatic rings. The van der Waals surface area contributed by atoms with Crippen molar-refractivity contribution in [2.75, 3.05) is 13.6 Å². The molecule has 2 fully saturated rings. The van der Waals surface area contributed by atoms with Crippen LogP contribution in [0.3, 0.4) is 0 Å². The van der Waals surface area contributed by atoms with Crippen molar-refractivity contribution in [1.29, 1.82) is 0 Å². The minimum Gasteiger partial charge on any atom is -0.303 e. The molecular weight excluding hydrogens is 206 g/mol. The Balaban J connectivity index is 1.65. The van der Waals surface area contributed by atoms with E-state index in [1.54, 1.807) is 0 Å². The van der Waals surface area contributed by atoms with Gasteiger partial charge in [-0.25, -0.2) is 0 Å². The third-order valence-corrected chi connectivity index (χ3v) is 4.76. The highest BCUT2D eigenvalue weighted by molar-refractivity contribution is 4.89. The summed E-state index contributed by atoms with van der Waals surface area (Å²) in [5.74, 6) is 2.02. The monoisotopic (exact) mass is 237 g/mol. The number of nitrogens with zero attached hydrogens (tertiary/aromatic N) is 1. The van der Waals surface area contributed by atoms with Gasteiger partial charge in [0.1, 0.15) is 0 Å². The van der Waals surface area contributed by atoms with Crippen LogP contribution in [0.5, 0.6) is 0 Å². The Kier molecular flexibility index (Phi) is 4.18. The first-order valence-electron chi connectivity index (χ1n) is 7.64. The van der Waals surface area contributed by atoms with Crippen LogP contribution in [0, 0.1) is 17.3 Å². The summed E-state index contributed by atoms with van der Waals surface area (Å²) in [4.78, 5) is 2.66. The highest BCUT2D eigenvalue weighted by Crippen LogP contribution is 2.40. The summed E-state index contributed by atoms with van der Waals surface area (Å²) < 4.78 is 0. The molecule has 2 aliphatic rings. The molecule has 0 bridgehead atoms. The maximum absolute atomic E-state index is 2.66. The van der Waals surface area contributed by atoms with Crippen molar-refractivity contribution in [2.45, 2.75) is 71.8 Å². The molecule has 0 aliphatic heterocycles. The zero-order valence-electron chi connectivity index (χ0n) is 12.3. The van der Waals surface area contributed by atoms with Gasteiger partial charge in [0.15, 0.2) is 0 Å². The lowest BCUT2D eigenvalue weighted by Gasteiger charge is -2.44. The quantitative estimate of drug-likeness (QED) is 0.703. The average molecular weight is 237 g/mol. The van der Waals surface area contributed by atoms with Crippen molar-refractivity contribution in [3.63, 3.8) is 0 Å². The van der Waals surface area contributed by atoms with E-state index in [2.05, 4.69) is 32.7 Å². The normalized spacial score (nSPS) is 30.9. The Hall–Kier alpha value is -0.0400. The fraction of sp³-hybridized carbons (Fsp3) is 1.00. The van der Waals surface area contributed by atoms with E-state index < -0.39 is 0 Å². The molecule has 1 nitrogen and oxygen atoms in total. The van der Waals surface area contributed by atoms with Gasteiger partial charge in [0.2, 0.25) is 0 Å². The third-order valence-electron chi connectivity index (χ3n) is 4.76. The van der Waals surface area contributed by atoms with Crippen molar-refractivity contribution in [3.05, 3.63) is 0 Å². The lowest BCUT2D eigenvalue weighted by Crippen LogP contribution is -2.45. The Morgan fingerprint density at radius 3 is 2.12 bits per heavy atom. The van der Waals surface area contributed by atoms with Gasteiger partial charge in [0.25, 0.3) is 0 Å². The molecule has 100 valence electrons. The van der Waals surface area contributed by atoms with Crippen LogP contribution in [0.15, 0.2) is 0 Å². The summed E-state index contributed by atoms with van der Waals surface area (Å²) in [7, 11) is 2.36. The predicted molar refractivity (Wildman–Crippen MR) is 75.2 cm³/mol. The van der Waals surface area contributed by atoms with Crippen LogP contribution in [0.25, 0.3) is 0 Å². The minimum absolute atomic E-state index is 0.527. The SMILES string of the molecule is CN(CC1CCCC1)C1CC(CC(C)(C)C)C1. The van der Waals surface area contributed by atoms with Crippen LogP contribution < -0.4 is 0 Å². The van der Waals surface area contributed by atoms with Crippen LogP contribution in [-0.2, 0) is 0 Å². The van der Waals surface area contributed by atoms with Gasteiger partial charge < -0.3 is 4.90 Å². The molecule has 0 saturated heterocycles. The van der Waals surface area contributed by atoms with Gasteiger partial charge >= 0.3 is 0 Å². The molecule has 2 aliphatic carbocycles. The second kappa shape index (κ2) is 5.30. The Labute approximate surface area is 108 Å². The Bertz CT molecular complexity index is 228. The van der Waals surface area contributed by atoms with Crippen molar-refractivity contribution >= 4 is 0 Å². The summed E-state index contributed by atoms with van der Waals surface area (Å²) in [6, 6.07) is 0.906. The Morgan fingerprint density at radius 2 is 1.59 bits per heavy atom. The van der Waals surface area contributed by atoms with Crippen LogP contribution in [0.4, 0.5) is 0 Å². The van der Waals surface area contributed by atoms with E-state index in [0.29, 0.717) is 5.41 Å². The third kappa shape index (κ3) is 3.98. The van der Waals surface area contributed by atoms with Crippen molar-refractivity contribution in [1.82, 2.24) is 4.90 Å². The average Bonchev–Trinajstić information content (AvgIpc) is 2.61. The molecule has 0 N–H and O–H groups in total. The van der Waals surface area contributed by atoms with E-state index in [0.717, 1.165) is 17.9 Å². The van der Waals surface area contributed by atoms with E-state index in [9.17, 15) is 0 Å². The first kappa shape index (κ1) is 13.4. The van der Waals surface area contributed by atoms with Crippen LogP contribution in [0.2, 0.25) is 0 Å². The highest BCUT2D eigenvalue weighted by atomic mass is 15.1. The fourth-order valence-electron chi connectivity index (χ4n) is 3.84. The lowest BCUT2D eigenvalue weighted by molar-refractivity contribution is 0.0650. The Morgan fingerprint density at radius 1 is 1.00 bits per heavy atom. The molecule has 0 amide bonds. The number of hydrogen-bond acceptors (Lipinski definition) is 1. The van der Waals surface area contributed by atoms with Crippen LogP contribution >= 0.6 is 0 Å². The lowest BCUT2D eigenvalue weighted by atomic mass is 9.71. The van der Waals surface area contributed by atoms with Crippen LogP contribution in [0.1, 0.15) is 65.7 Å². The van der Waals surface area contributed by atoms with Gasteiger partial charge in [-0.1, -0.05) is 33.6 Å². The second-order valence-electron chi connectivity index (χ2n) is 7.85. The zero-order valence-corrected chi connectivity index (χ0v) is 12.3. The van der Waals surface area contributed by atoms with Gasteiger partial charge in [-0.3, -0.25) is 0 Å². The molecule has 0 unspecified atom stereocenters. The summed E-state index contributed by atoms with van der Waals surface area (Å²) in [5.41, 5.74) is 0.527. The topological polar surface area (TPSA) is 3.24 Å². The van der Waals surface area contributed by atoms with E-state index in [-0.39, 0.29) is 0 Å². The van der Waals surface area contributed by atoms with Crippen LogP contribution in [-0.4, -0.2) is 24.5 Å². The molecule has 2 rings (SSSR count). The summed E-state index contributed by atoms with van der Waals surface area (Å²) in [6.07, 6.45) is 10.3. The van der Waals surface area contributed by atoms with Crippen molar-refractivity contribution in [2.24, 2.45) is 17.3 Å². The number of rotatable bonds is 4. The smallest absolute Gasteiger partial charge is 0.00976 e. The molecule has 0 radical (unpaired) electrons. The summed E-state index contributed by atoms with van der Waals surface area (Å²) in [6.45, 7) is 8.50. The van der Waals surface area contributed by atoms with E-state index in [4.69, 9.17) is 0 Å². The van der Waals surface area contributed by atoms with Gasteiger partial charge in [-0.05, 0) is 56.4 Å². The number of hydrogen-bond donors (Lipinski definition) is 0. The molecule has 0 spiro atoms. The van der Waals surface area contributed by atoms with E-state index in [1.165, 1.54) is 51.5 Å². The standard InChI is InChI=1S/C16H31N/c1-16(2,3)11-14-9-15(10-14)17(4)12-13-7-5-6-8-13/h13-15H,5-12H2,1-4H3. The van der Waals surface area contributed by atoms with E-state index >= 15 is 0 Å². The van der Waals surface area contributed by atoms with Gasteiger partial charge in [-0.2, -0.15) is 0 Å². The maximum atomic E-state index is 2.66. The highest BCUT2D eigenvalue weighted by Gasteiger charge is 2.34. The molecule has 2 saturated carbocycles. The summed E-state index contributed by atoms with van der Waals surface area (Å²) >= 11 is 0. The molecule has 0 heterocycles. The predicted octanol–water partition coefficient (Wildman–Crippen LogP) is 4.32. The first-order valence-corrected chi connectivity index (χ1v) is 7.64. The van der Waals surface area contributed by atoms with Gasteiger partial charge in [0, 0.05) is 12.6 Å². The van der Waals surface area contributed by atoms with Crippen molar-refractivity contribution in [3.8, 4) is 0 Å². The molecule has 0 atom stereocenters. The molecule has 0 aromatic carbocycles. The maximum Gasteiger partial charge on any atom is 0.00976 e. The summed E-state index contributed by atoms with van der Waals surface area (Å²) in [5, 5.41) is 0. The molecule has 0 aromatic heterocycles. The second-order valence-corrected chi connectivity index (χ2v) is 7.85. The fourth-order valence-corrected chi connectivity index (χ4v) is 3.84. The van der Waals surface area contributed by atoms with Crippen molar-refractivity contribution < 1.29 is 0 Å². The zero-order chi connectivity index (χ0) is 12.5. The van der Waals surface area contributed by atoms with Gasteiger partial charge in [-0.15, -0.1) is 0 Å². The largest absolute Gasteiger partial charge is 0.303 e. The van der Waals surface area contributed by atoms with E-state index in [1.807, 2.05) is 0 Å².